The smallest absolute Gasteiger partial charge is 0.264 e. The zero-order chi connectivity index (χ0) is 19.6. The summed E-state index contributed by atoms with van der Waals surface area (Å²) in [6, 6.07) is 9.42. The molecule has 0 radical (unpaired) electrons. The van der Waals surface area contributed by atoms with Gasteiger partial charge in [0.25, 0.3) is 5.91 Å². The fraction of sp³-hybridized carbons (Fsp3) is 0.200. The average Bonchev–Trinajstić information content (AvgIpc) is 2.94. The van der Waals surface area contributed by atoms with E-state index in [0.717, 1.165) is 16.8 Å². The lowest BCUT2D eigenvalue weighted by Crippen LogP contribution is -2.19. The Bertz CT molecular complexity index is 970. The second-order valence-corrected chi connectivity index (χ2v) is 7.94. The molecule has 1 amide bonds. The van der Waals surface area contributed by atoms with Crippen LogP contribution in [0.3, 0.4) is 0 Å². The Labute approximate surface area is 170 Å². The van der Waals surface area contributed by atoms with Crippen molar-refractivity contribution in [2.75, 3.05) is 6.61 Å². The number of carbonyl (C=O) groups excluding carboxylic acids is 1. The number of aliphatic imine (C=N–C) groups is 1. The number of nitrogens with zero attached hydrogens (tertiary/aromatic N) is 1. The molecule has 27 heavy (non-hydrogen) atoms. The molecule has 2 aromatic rings. The number of nitrogens with one attached hydrogen (secondary N) is 1. The highest BCUT2D eigenvalue weighted by atomic mass is 79.9. The molecule has 0 atom stereocenters. The number of phenols is 1. The SMILES string of the molecule is CCOc1cc(/C=C2/SC(=Nc3ccc(C)cc3C)NC2=O)cc(Br)c1O. The first kappa shape index (κ1) is 19.5. The molecule has 1 aliphatic rings. The number of amidine groups is 1. The van der Waals surface area contributed by atoms with Crippen LogP contribution in [-0.2, 0) is 4.79 Å². The number of halogens is 1. The first-order valence-corrected chi connectivity index (χ1v) is 10.0. The minimum Gasteiger partial charge on any atom is -0.503 e. The van der Waals surface area contributed by atoms with Gasteiger partial charge in [0.2, 0.25) is 0 Å². The summed E-state index contributed by atoms with van der Waals surface area (Å²) >= 11 is 4.59. The molecular formula is C20H19BrN2O3S. The van der Waals surface area contributed by atoms with Gasteiger partial charge in [-0.25, -0.2) is 4.99 Å². The van der Waals surface area contributed by atoms with Gasteiger partial charge in [0.05, 0.1) is 21.7 Å². The number of benzene rings is 2. The lowest BCUT2D eigenvalue weighted by Gasteiger charge is -2.08. The number of rotatable bonds is 4. The standard InChI is InChI=1S/C20H19BrN2O3S/c1-4-26-16-9-13(8-14(21)18(16)24)10-17-19(25)23-20(27-17)22-15-6-5-11(2)7-12(15)3/h5-10,24H,4H2,1-3H3,(H,22,23,25)/b17-10+. The predicted molar refractivity (Wildman–Crippen MR) is 114 cm³/mol. The lowest BCUT2D eigenvalue weighted by molar-refractivity contribution is -0.115. The second kappa shape index (κ2) is 8.19. The first-order valence-electron chi connectivity index (χ1n) is 8.39. The van der Waals surface area contributed by atoms with Gasteiger partial charge in [-0.3, -0.25) is 4.79 Å². The van der Waals surface area contributed by atoms with Crippen LogP contribution in [0.4, 0.5) is 5.69 Å². The molecule has 3 rings (SSSR count). The number of ether oxygens (including phenoxy) is 1. The maximum absolute atomic E-state index is 12.3. The van der Waals surface area contributed by atoms with E-state index in [1.54, 1.807) is 18.2 Å². The third-order valence-corrected chi connectivity index (χ3v) is 5.39. The fourth-order valence-electron chi connectivity index (χ4n) is 2.61. The number of hydrogen-bond donors (Lipinski definition) is 2. The van der Waals surface area contributed by atoms with E-state index in [9.17, 15) is 9.90 Å². The summed E-state index contributed by atoms with van der Waals surface area (Å²) in [5.41, 5.74) is 3.80. The zero-order valence-electron chi connectivity index (χ0n) is 15.2. The Morgan fingerprint density at radius 3 is 2.78 bits per heavy atom. The molecule has 0 saturated carbocycles. The highest BCUT2D eigenvalue weighted by Crippen LogP contribution is 2.37. The Hall–Kier alpha value is -2.25. The minimum absolute atomic E-state index is 0.0413. The Balaban J connectivity index is 1.88. The number of hydrogen-bond acceptors (Lipinski definition) is 5. The molecule has 0 bridgehead atoms. The molecule has 2 N–H and O–H groups in total. The summed E-state index contributed by atoms with van der Waals surface area (Å²) in [7, 11) is 0. The number of thioether (sulfide) groups is 1. The monoisotopic (exact) mass is 446 g/mol. The van der Waals surface area contributed by atoms with Crippen molar-refractivity contribution in [1.82, 2.24) is 5.32 Å². The molecule has 5 nitrogen and oxygen atoms in total. The topological polar surface area (TPSA) is 70.9 Å². The Morgan fingerprint density at radius 1 is 1.30 bits per heavy atom. The van der Waals surface area contributed by atoms with E-state index >= 15 is 0 Å². The van der Waals surface area contributed by atoms with Crippen molar-refractivity contribution in [3.63, 3.8) is 0 Å². The van der Waals surface area contributed by atoms with Crippen LogP contribution in [0.25, 0.3) is 6.08 Å². The van der Waals surface area contributed by atoms with Crippen molar-refractivity contribution in [2.45, 2.75) is 20.8 Å². The average molecular weight is 447 g/mol. The summed E-state index contributed by atoms with van der Waals surface area (Å²) < 4.78 is 5.94. The fourth-order valence-corrected chi connectivity index (χ4v) is 3.91. The summed E-state index contributed by atoms with van der Waals surface area (Å²) in [5.74, 6) is 0.205. The Morgan fingerprint density at radius 2 is 2.07 bits per heavy atom. The van der Waals surface area contributed by atoms with Crippen LogP contribution in [0.1, 0.15) is 23.6 Å². The number of aromatic hydroxyl groups is 1. The number of amides is 1. The van der Waals surface area contributed by atoms with E-state index in [4.69, 9.17) is 4.74 Å². The number of aryl methyl sites for hydroxylation is 2. The van der Waals surface area contributed by atoms with Crippen LogP contribution in [0.2, 0.25) is 0 Å². The van der Waals surface area contributed by atoms with Crippen LogP contribution < -0.4 is 10.1 Å². The van der Waals surface area contributed by atoms with Crippen LogP contribution in [0.5, 0.6) is 11.5 Å². The summed E-state index contributed by atoms with van der Waals surface area (Å²) in [4.78, 5) is 17.4. The second-order valence-electron chi connectivity index (χ2n) is 6.05. The van der Waals surface area contributed by atoms with Gasteiger partial charge in [-0.2, -0.15) is 0 Å². The highest BCUT2D eigenvalue weighted by Gasteiger charge is 2.24. The largest absolute Gasteiger partial charge is 0.503 e. The van der Waals surface area contributed by atoms with Crippen LogP contribution in [0.15, 0.2) is 44.7 Å². The zero-order valence-corrected chi connectivity index (χ0v) is 17.6. The number of carbonyl (C=O) groups is 1. The van der Waals surface area contributed by atoms with Gasteiger partial charge < -0.3 is 15.2 Å². The molecule has 7 heteroatoms. The van der Waals surface area contributed by atoms with E-state index in [-0.39, 0.29) is 11.7 Å². The minimum atomic E-state index is -0.203. The van der Waals surface area contributed by atoms with Crippen molar-refractivity contribution in [2.24, 2.45) is 4.99 Å². The van der Waals surface area contributed by atoms with E-state index in [2.05, 4.69) is 32.3 Å². The molecule has 0 aliphatic carbocycles. The molecule has 140 valence electrons. The van der Waals surface area contributed by atoms with E-state index < -0.39 is 0 Å². The van der Waals surface area contributed by atoms with Crippen molar-refractivity contribution in [3.8, 4) is 11.5 Å². The summed E-state index contributed by atoms with van der Waals surface area (Å²) in [6.07, 6.45) is 1.75. The van der Waals surface area contributed by atoms with Gasteiger partial charge in [0, 0.05) is 0 Å². The molecular weight excluding hydrogens is 428 g/mol. The van der Waals surface area contributed by atoms with Gasteiger partial charge >= 0.3 is 0 Å². The van der Waals surface area contributed by atoms with Crippen molar-refractivity contribution in [1.29, 1.82) is 0 Å². The van der Waals surface area contributed by atoms with E-state index in [1.165, 1.54) is 17.3 Å². The predicted octanol–water partition coefficient (Wildman–Crippen LogP) is 5.06. The molecule has 0 spiro atoms. The normalized spacial score (nSPS) is 16.8. The molecule has 1 saturated heterocycles. The maximum Gasteiger partial charge on any atom is 0.264 e. The van der Waals surface area contributed by atoms with Gasteiger partial charge in [0.15, 0.2) is 16.7 Å². The quantitative estimate of drug-likeness (QED) is 0.643. The van der Waals surface area contributed by atoms with Gasteiger partial charge in [-0.05, 0) is 83.9 Å². The molecule has 0 unspecified atom stereocenters. The van der Waals surface area contributed by atoms with Gasteiger partial charge in [-0.1, -0.05) is 17.7 Å². The first-order chi connectivity index (χ1) is 12.9. The highest BCUT2D eigenvalue weighted by molar-refractivity contribution is 9.10. The van der Waals surface area contributed by atoms with Crippen molar-refractivity contribution < 1.29 is 14.6 Å². The number of phenolic OH excluding ortho intramolecular Hbond substituents is 1. The van der Waals surface area contributed by atoms with Crippen LogP contribution in [-0.4, -0.2) is 22.8 Å². The summed E-state index contributed by atoms with van der Waals surface area (Å²) in [5, 5.41) is 13.4. The van der Waals surface area contributed by atoms with Gasteiger partial charge in [-0.15, -0.1) is 0 Å². The molecule has 2 aromatic carbocycles. The maximum atomic E-state index is 12.3. The van der Waals surface area contributed by atoms with Gasteiger partial charge in [0.1, 0.15) is 0 Å². The van der Waals surface area contributed by atoms with E-state index in [1.807, 2.05) is 32.9 Å². The third kappa shape index (κ3) is 4.54. The van der Waals surface area contributed by atoms with Crippen molar-refractivity contribution >= 4 is 50.5 Å². The third-order valence-electron chi connectivity index (χ3n) is 3.87. The molecule has 0 aromatic heterocycles. The van der Waals surface area contributed by atoms with Crippen molar-refractivity contribution in [3.05, 3.63) is 56.4 Å². The molecule has 1 heterocycles. The molecule has 1 aliphatic heterocycles. The molecule has 1 fully saturated rings. The van der Waals surface area contributed by atoms with E-state index in [0.29, 0.717) is 26.9 Å². The summed E-state index contributed by atoms with van der Waals surface area (Å²) in [6.45, 7) is 6.30. The lowest BCUT2D eigenvalue weighted by atomic mass is 10.1. The Kier molecular flexibility index (Phi) is 5.92. The van der Waals surface area contributed by atoms with Crippen LogP contribution in [0, 0.1) is 13.8 Å². The van der Waals surface area contributed by atoms with Crippen LogP contribution >= 0.6 is 27.7 Å².